The second-order valence-electron chi connectivity index (χ2n) is 8.26. The van der Waals surface area contributed by atoms with Crippen LogP contribution < -0.4 is 15.4 Å². The largest absolute Gasteiger partial charge is 0.494 e. The lowest BCUT2D eigenvalue weighted by atomic mass is 10.1. The Labute approximate surface area is 212 Å². The molecule has 186 valence electrons. The summed E-state index contributed by atoms with van der Waals surface area (Å²) in [5, 5.41) is 24.6. The number of anilines is 2. The number of amides is 2. The summed E-state index contributed by atoms with van der Waals surface area (Å²) in [4.78, 5) is 40.3. The third-order valence-electron chi connectivity index (χ3n) is 5.66. The molecule has 0 saturated heterocycles. The normalized spacial score (nSPS) is 10.5. The maximum absolute atomic E-state index is 12.9. The van der Waals surface area contributed by atoms with Gasteiger partial charge in [-0.15, -0.1) is 0 Å². The molecule has 0 radical (unpaired) electrons. The number of carboxylic acid groups (broad SMARTS) is 1. The van der Waals surface area contributed by atoms with Crippen LogP contribution in [0.3, 0.4) is 0 Å². The van der Waals surface area contributed by atoms with Crippen molar-refractivity contribution in [1.29, 1.82) is 5.26 Å². The average molecular weight is 497 g/mol. The quantitative estimate of drug-likeness (QED) is 0.228. The van der Waals surface area contributed by atoms with Gasteiger partial charge in [-0.25, -0.2) is 4.79 Å². The number of nitrogens with one attached hydrogen (secondary N) is 3. The zero-order valence-corrected chi connectivity index (χ0v) is 20.0. The third-order valence-corrected chi connectivity index (χ3v) is 5.66. The number of unbranched alkanes of at least 4 members (excludes halogenated alkanes) is 1. The number of nitriles is 1. The molecule has 0 bridgehead atoms. The lowest BCUT2D eigenvalue weighted by molar-refractivity contribution is 0.0697. The van der Waals surface area contributed by atoms with Crippen molar-refractivity contribution in [3.8, 4) is 11.8 Å². The number of H-pyrrole nitrogens is 1. The summed E-state index contributed by atoms with van der Waals surface area (Å²) in [5.74, 6) is -1.47. The summed E-state index contributed by atoms with van der Waals surface area (Å²) >= 11 is 0. The predicted octanol–water partition coefficient (Wildman–Crippen LogP) is 5.42. The van der Waals surface area contributed by atoms with Gasteiger partial charge in [-0.2, -0.15) is 5.26 Å². The minimum Gasteiger partial charge on any atom is -0.494 e. The van der Waals surface area contributed by atoms with Gasteiger partial charge in [0.15, 0.2) is 0 Å². The number of benzene rings is 3. The van der Waals surface area contributed by atoms with E-state index < -0.39 is 11.9 Å². The number of carbonyl (C=O) groups is 3. The molecular weight excluding hydrogens is 472 g/mol. The molecule has 0 atom stereocenters. The number of para-hydroxylation sites is 1. The Bertz CT molecular complexity index is 1520. The maximum Gasteiger partial charge on any atom is 0.337 e. The molecule has 2 amide bonds. The Morgan fingerprint density at radius 3 is 2.43 bits per heavy atom. The third kappa shape index (κ3) is 5.77. The number of carboxylic acids is 1. The first-order valence-corrected chi connectivity index (χ1v) is 11.6. The van der Waals surface area contributed by atoms with Gasteiger partial charge in [0.2, 0.25) is 0 Å². The van der Waals surface area contributed by atoms with Crippen molar-refractivity contribution < 1.29 is 24.2 Å². The van der Waals surface area contributed by atoms with Crippen LogP contribution in [0.25, 0.3) is 10.9 Å². The van der Waals surface area contributed by atoms with Crippen LogP contribution in [0.15, 0.2) is 66.7 Å². The standard InChI is InChI=1S/C28H24N4O5/c1-2-3-13-37-20-10-8-18(9-11-20)26(33)32-23-6-4-5-19-15-24(30-25(19)23)27(34)31-22-12-7-17(16-29)14-21(22)28(35)36/h4-12,14-15,30H,2-3,13H2,1H3,(H,31,34)(H,32,33)(H,35,36). The van der Waals surface area contributed by atoms with Gasteiger partial charge in [0.05, 0.1) is 40.7 Å². The topological polar surface area (TPSA) is 144 Å². The minimum atomic E-state index is -1.27. The van der Waals surface area contributed by atoms with Gasteiger partial charge < -0.3 is 25.5 Å². The molecule has 0 aliphatic rings. The van der Waals surface area contributed by atoms with Crippen LogP contribution in [0.4, 0.5) is 11.4 Å². The molecule has 9 nitrogen and oxygen atoms in total. The van der Waals surface area contributed by atoms with E-state index in [1.807, 2.05) is 6.07 Å². The number of aromatic carboxylic acids is 1. The van der Waals surface area contributed by atoms with Crippen LogP contribution in [-0.2, 0) is 0 Å². The van der Waals surface area contributed by atoms with E-state index in [1.165, 1.54) is 18.2 Å². The van der Waals surface area contributed by atoms with E-state index in [1.54, 1.807) is 48.5 Å². The zero-order chi connectivity index (χ0) is 26.4. The SMILES string of the molecule is CCCCOc1ccc(C(=O)Nc2cccc3cc(C(=O)Nc4ccc(C#N)cc4C(=O)O)[nH]c23)cc1. The van der Waals surface area contributed by atoms with Crippen molar-refractivity contribution >= 4 is 40.1 Å². The molecule has 4 rings (SSSR count). The minimum absolute atomic E-state index is 0.0609. The second-order valence-corrected chi connectivity index (χ2v) is 8.26. The Balaban J connectivity index is 1.52. The molecule has 1 aromatic heterocycles. The van der Waals surface area contributed by atoms with Crippen molar-refractivity contribution in [3.05, 3.63) is 89.1 Å². The fourth-order valence-corrected chi connectivity index (χ4v) is 3.70. The van der Waals surface area contributed by atoms with Crippen molar-refractivity contribution in [3.63, 3.8) is 0 Å². The van der Waals surface area contributed by atoms with Crippen molar-refractivity contribution in [2.75, 3.05) is 17.2 Å². The van der Waals surface area contributed by atoms with Gasteiger partial charge in [0.25, 0.3) is 11.8 Å². The van der Waals surface area contributed by atoms with Crippen LogP contribution in [0.5, 0.6) is 5.75 Å². The fourth-order valence-electron chi connectivity index (χ4n) is 3.70. The molecule has 9 heteroatoms. The Morgan fingerprint density at radius 2 is 1.73 bits per heavy atom. The van der Waals surface area contributed by atoms with E-state index in [-0.39, 0.29) is 28.4 Å². The van der Waals surface area contributed by atoms with Gasteiger partial charge in [0, 0.05) is 10.9 Å². The number of ether oxygens (including phenoxy) is 1. The summed E-state index contributed by atoms with van der Waals surface area (Å²) in [6.45, 7) is 2.71. The summed E-state index contributed by atoms with van der Waals surface area (Å²) in [6, 6.07) is 19.6. The molecular formula is C28H24N4O5. The number of hydrogen-bond acceptors (Lipinski definition) is 5. The molecule has 0 fully saturated rings. The second kappa shape index (κ2) is 11.1. The van der Waals surface area contributed by atoms with Crippen molar-refractivity contribution in [2.24, 2.45) is 0 Å². The van der Waals surface area contributed by atoms with Gasteiger partial charge in [-0.3, -0.25) is 9.59 Å². The lowest BCUT2D eigenvalue weighted by Gasteiger charge is -2.09. The van der Waals surface area contributed by atoms with Gasteiger partial charge in [-0.1, -0.05) is 25.5 Å². The number of carbonyl (C=O) groups excluding carboxylic acids is 2. The van der Waals surface area contributed by atoms with Crippen LogP contribution in [0.1, 0.15) is 56.5 Å². The van der Waals surface area contributed by atoms with Crippen molar-refractivity contribution in [2.45, 2.75) is 19.8 Å². The monoisotopic (exact) mass is 496 g/mol. The lowest BCUT2D eigenvalue weighted by Crippen LogP contribution is -2.15. The Morgan fingerprint density at radius 1 is 0.973 bits per heavy atom. The molecule has 0 aliphatic heterocycles. The fraction of sp³-hybridized carbons (Fsp3) is 0.143. The molecule has 37 heavy (non-hydrogen) atoms. The Kier molecular flexibility index (Phi) is 7.50. The highest BCUT2D eigenvalue weighted by Crippen LogP contribution is 2.26. The highest BCUT2D eigenvalue weighted by Gasteiger charge is 2.17. The van der Waals surface area contributed by atoms with E-state index in [9.17, 15) is 19.5 Å². The van der Waals surface area contributed by atoms with Crippen LogP contribution in [0.2, 0.25) is 0 Å². The van der Waals surface area contributed by atoms with Gasteiger partial charge in [0.1, 0.15) is 11.4 Å². The molecule has 4 N–H and O–H groups in total. The summed E-state index contributed by atoms with van der Waals surface area (Å²) in [6.07, 6.45) is 1.99. The smallest absolute Gasteiger partial charge is 0.337 e. The number of fused-ring (bicyclic) bond motifs is 1. The summed E-state index contributed by atoms with van der Waals surface area (Å²) in [5.41, 5.74) is 1.68. The van der Waals surface area contributed by atoms with E-state index in [0.29, 0.717) is 34.5 Å². The predicted molar refractivity (Wildman–Crippen MR) is 139 cm³/mol. The van der Waals surface area contributed by atoms with E-state index >= 15 is 0 Å². The highest BCUT2D eigenvalue weighted by molar-refractivity contribution is 6.12. The first-order chi connectivity index (χ1) is 17.9. The first kappa shape index (κ1) is 25.0. The molecule has 0 spiro atoms. The molecule has 1 heterocycles. The molecule has 0 aliphatic carbocycles. The number of aromatic amines is 1. The highest BCUT2D eigenvalue weighted by atomic mass is 16.5. The van der Waals surface area contributed by atoms with E-state index in [2.05, 4.69) is 22.5 Å². The Hall–Kier alpha value is -5.10. The number of nitrogens with zero attached hydrogens (tertiary/aromatic N) is 1. The van der Waals surface area contributed by atoms with Crippen molar-refractivity contribution in [1.82, 2.24) is 4.98 Å². The number of aromatic nitrogens is 1. The summed E-state index contributed by atoms with van der Waals surface area (Å²) in [7, 11) is 0. The maximum atomic E-state index is 12.9. The van der Waals surface area contributed by atoms with E-state index in [4.69, 9.17) is 10.00 Å². The molecule has 0 saturated carbocycles. The van der Waals surface area contributed by atoms with Gasteiger partial charge >= 0.3 is 5.97 Å². The van der Waals surface area contributed by atoms with Crippen LogP contribution >= 0.6 is 0 Å². The molecule has 3 aromatic carbocycles. The van der Waals surface area contributed by atoms with Crippen LogP contribution in [-0.4, -0.2) is 34.5 Å². The van der Waals surface area contributed by atoms with E-state index in [0.717, 1.165) is 12.8 Å². The molecule has 0 unspecified atom stereocenters. The number of hydrogen-bond donors (Lipinski definition) is 4. The average Bonchev–Trinajstić information content (AvgIpc) is 3.35. The first-order valence-electron chi connectivity index (χ1n) is 11.6. The van der Waals surface area contributed by atoms with Crippen LogP contribution in [0, 0.1) is 11.3 Å². The molecule has 4 aromatic rings. The van der Waals surface area contributed by atoms with Gasteiger partial charge in [-0.05, 0) is 61.0 Å². The zero-order valence-electron chi connectivity index (χ0n) is 20.0. The summed E-state index contributed by atoms with van der Waals surface area (Å²) < 4.78 is 5.64. The number of rotatable bonds is 9.